The van der Waals surface area contributed by atoms with Crippen molar-refractivity contribution in [3.05, 3.63) is 58.4 Å². The van der Waals surface area contributed by atoms with Gasteiger partial charge in [-0.05, 0) is 43.4 Å². The van der Waals surface area contributed by atoms with Crippen molar-refractivity contribution in [1.82, 2.24) is 15.1 Å². The molecule has 2 aromatic heterocycles. The van der Waals surface area contributed by atoms with Gasteiger partial charge in [0.1, 0.15) is 5.76 Å². The summed E-state index contributed by atoms with van der Waals surface area (Å²) in [6.45, 7) is 2.23. The number of carbonyl (C=O) groups is 1. The first-order valence-corrected chi connectivity index (χ1v) is 9.36. The van der Waals surface area contributed by atoms with Crippen LogP contribution in [0.3, 0.4) is 0 Å². The van der Waals surface area contributed by atoms with Crippen LogP contribution in [0.5, 0.6) is 0 Å². The molecule has 0 saturated carbocycles. The standard InChI is InChI=1S/C16H15N3O2S3/c1-11(14(20)17-10-13-8-5-9-21-13)23-15-18-19(16(22)24-15)12-6-3-2-4-7-12/h2-9,11H,10H2,1H3,(H,17,20). The Morgan fingerprint density at radius 3 is 2.88 bits per heavy atom. The second-order valence-electron chi connectivity index (χ2n) is 4.94. The molecule has 1 amide bonds. The van der Waals surface area contributed by atoms with Crippen molar-refractivity contribution in [2.45, 2.75) is 23.1 Å². The predicted molar refractivity (Wildman–Crippen MR) is 98.1 cm³/mol. The van der Waals surface area contributed by atoms with E-state index < -0.39 is 0 Å². The number of para-hydroxylation sites is 1. The van der Waals surface area contributed by atoms with Crippen LogP contribution in [0.4, 0.5) is 0 Å². The Balaban J connectivity index is 1.63. The number of rotatable bonds is 6. The number of furan rings is 1. The van der Waals surface area contributed by atoms with E-state index in [0.29, 0.717) is 10.5 Å². The molecule has 0 spiro atoms. The van der Waals surface area contributed by atoms with Crippen LogP contribution in [-0.2, 0) is 11.3 Å². The lowest BCUT2D eigenvalue weighted by atomic mass is 10.3. The molecular weight excluding hydrogens is 362 g/mol. The zero-order chi connectivity index (χ0) is 16.9. The molecule has 2 heterocycles. The van der Waals surface area contributed by atoms with Crippen LogP contribution in [0.25, 0.3) is 5.69 Å². The van der Waals surface area contributed by atoms with Gasteiger partial charge in [0.25, 0.3) is 0 Å². The summed E-state index contributed by atoms with van der Waals surface area (Å²) in [6.07, 6.45) is 1.59. The summed E-state index contributed by atoms with van der Waals surface area (Å²) in [7, 11) is 0. The van der Waals surface area contributed by atoms with E-state index in [1.165, 1.54) is 23.1 Å². The highest BCUT2D eigenvalue weighted by Crippen LogP contribution is 2.27. The highest BCUT2D eigenvalue weighted by atomic mass is 32.2. The molecule has 0 radical (unpaired) electrons. The van der Waals surface area contributed by atoms with Crippen LogP contribution in [0.1, 0.15) is 12.7 Å². The molecule has 0 aliphatic carbocycles. The summed E-state index contributed by atoms with van der Waals surface area (Å²) in [4.78, 5) is 12.2. The molecule has 0 saturated heterocycles. The van der Waals surface area contributed by atoms with Crippen molar-refractivity contribution in [3.8, 4) is 5.69 Å². The number of thioether (sulfide) groups is 1. The van der Waals surface area contributed by atoms with Gasteiger partial charge in [-0.2, -0.15) is 0 Å². The molecule has 0 aliphatic rings. The van der Waals surface area contributed by atoms with Crippen LogP contribution < -0.4 is 5.32 Å². The third-order valence-corrected chi connectivity index (χ3v) is 5.61. The van der Waals surface area contributed by atoms with Crippen molar-refractivity contribution in [3.63, 3.8) is 0 Å². The van der Waals surface area contributed by atoms with Crippen LogP contribution in [0, 0.1) is 3.95 Å². The summed E-state index contributed by atoms with van der Waals surface area (Å²) in [5.41, 5.74) is 0.917. The van der Waals surface area contributed by atoms with Gasteiger partial charge in [0.2, 0.25) is 5.91 Å². The van der Waals surface area contributed by atoms with Crippen molar-refractivity contribution in [2.75, 3.05) is 0 Å². The summed E-state index contributed by atoms with van der Waals surface area (Å²) >= 11 is 8.17. The molecule has 124 valence electrons. The topological polar surface area (TPSA) is 60.1 Å². The third-order valence-electron chi connectivity index (χ3n) is 3.19. The lowest BCUT2D eigenvalue weighted by molar-refractivity contribution is -0.120. The van der Waals surface area contributed by atoms with Gasteiger partial charge in [-0.25, -0.2) is 4.68 Å². The fourth-order valence-corrected chi connectivity index (χ4v) is 4.51. The maximum atomic E-state index is 12.2. The first-order valence-electron chi connectivity index (χ1n) is 7.26. The highest BCUT2D eigenvalue weighted by Gasteiger charge is 2.17. The molecule has 5 nitrogen and oxygen atoms in total. The molecule has 0 aliphatic heterocycles. The Labute approximate surface area is 152 Å². The first kappa shape index (κ1) is 16.9. The smallest absolute Gasteiger partial charge is 0.233 e. The van der Waals surface area contributed by atoms with E-state index in [2.05, 4.69) is 10.4 Å². The number of carbonyl (C=O) groups excluding carboxylic acids is 1. The molecule has 1 N–H and O–H groups in total. The van der Waals surface area contributed by atoms with Crippen LogP contribution in [0.2, 0.25) is 0 Å². The molecule has 24 heavy (non-hydrogen) atoms. The average molecular weight is 378 g/mol. The first-order chi connectivity index (χ1) is 11.6. The van der Waals surface area contributed by atoms with Crippen molar-refractivity contribution in [1.29, 1.82) is 0 Å². The number of benzene rings is 1. The minimum absolute atomic E-state index is 0.0659. The van der Waals surface area contributed by atoms with Crippen molar-refractivity contribution >= 4 is 41.2 Å². The van der Waals surface area contributed by atoms with Crippen LogP contribution in [-0.4, -0.2) is 20.9 Å². The van der Waals surface area contributed by atoms with Gasteiger partial charge in [0.15, 0.2) is 8.29 Å². The van der Waals surface area contributed by atoms with E-state index in [0.717, 1.165) is 15.8 Å². The average Bonchev–Trinajstić information content (AvgIpc) is 3.23. The lowest BCUT2D eigenvalue weighted by Gasteiger charge is -2.09. The van der Waals surface area contributed by atoms with Gasteiger partial charge in [0.05, 0.1) is 23.7 Å². The number of nitrogens with one attached hydrogen (secondary N) is 1. The normalized spacial score (nSPS) is 12.0. The van der Waals surface area contributed by atoms with E-state index in [4.69, 9.17) is 16.6 Å². The monoisotopic (exact) mass is 377 g/mol. The SMILES string of the molecule is CC(Sc1nn(-c2ccccc2)c(=S)s1)C(=O)NCc1ccco1. The molecule has 8 heteroatoms. The summed E-state index contributed by atoms with van der Waals surface area (Å²) in [6, 6.07) is 13.3. The van der Waals surface area contributed by atoms with Gasteiger partial charge in [-0.3, -0.25) is 4.79 Å². The summed E-state index contributed by atoms with van der Waals surface area (Å²) in [5, 5.41) is 7.08. The number of aromatic nitrogens is 2. The number of nitrogens with zero attached hydrogens (tertiary/aromatic N) is 2. The zero-order valence-electron chi connectivity index (χ0n) is 12.8. The second kappa shape index (κ2) is 7.78. The van der Waals surface area contributed by atoms with Crippen molar-refractivity contribution < 1.29 is 9.21 Å². The van der Waals surface area contributed by atoms with E-state index in [9.17, 15) is 4.79 Å². The molecular formula is C16H15N3O2S3. The van der Waals surface area contributed by atoms with Gasteiger partial charge in [-0.1, -0.05) is 41.3 Å². The minimum Gasteiger partial charge on any atom is -0.467 e. The van der Waals surface area contributed by atoms with Gasteiger partial charge < -0.3 is 9.73 Å². The highest BCUT2D eigenvalue weighted by molar-refractivity contribution is 8.02. The van der Waals surface area contributed by atoms with Crippen molar-refractivity contribution in [2.24, 2.45) is 0 Å². The Morgan fingerprint density at radius 2 is 2.17 bits per heavy atom. The Bertz CT molecular complexity index is 856. The zero-order valence-corrected chi connectivity index (χ0v) is 15.3. The molecule has 1 aromatic carbocycles. The number of amides is 1. The Hall–Kier alpha value is -1.90. The number of hydrogen-bond donors (Lipinski definition) is 1. The molecule has 3 aromatic rings. The molecule has 1 unspecified atom stereocenters. The maximum absolute atomic E-state index is 12.2. The largest absolute Gasteiger partial charge is 0.467 e. The predicted octanol–water partition coefficient (Wildman–Crippen LogP) is 4.05. The third kappa shape index (κ3) is 4.14. The molecule has 3 rings (SSSR count). The lowest BCUT2D eigenvalue weighted by Crippen LogP contribution is -2.30. The minimum atomic E-state index is -0.273. The van der Waals surface area contributed by atoms with E-state index in [1.54, 1.807) is 17.0 Å². The van der Waals surface area contributed by atoms with Gasteiger partial charge >= 0.3 is 0 Å². The summed E-state index contributed by atoms with van der Waals surface area (Å²) in [5.74, 6) is 0.661. The maximum Gasteiger partial charge on any atom is 0.233 e. The van der Waals surface area contributed by atoms with E-state index in [-0.39, 0.29) is 11.2 Å². The Kier molecular flexibility index (Phi) is 5.49. The van der Waals surface area contributed by atoms with Crippen LogP contribution in [0.15, 0.2) is 57.5 Å². The second-order valence-corrected chi connectivity index (χ2v) is 8.15. The molecule has 1 atom stereocenters. The fraction of sp³-hybridized carbons (Fsp3) is 0.188. The van der Waals surface area contributed by atoms with Gasteiger partial charge in [0, 0.05) is 0 Å². The van der Waals surface area contributed by atoms with Gasteiger partial charge in [-0.15, -0.1) is 5.10 Å². The summed E-state index contributed by atoms with van der Waals surface area (Å²) < 4.78 is 8.35. The fourth-order valence-electron chi connectivity index (χ4n) is 1.98. The Morgan fingerprint density at radius 1 is 1.38 bits per heavy atom. The molecule has 0 bridgehead atoms. The van der Waals surface area contributed by atoms with E-state index >= 15 is 0 Å². The van der Waals surface area contributed by atoms with Crippen LogP contribution >= 0.6 is 35.3 Å². The number of hydrogen-bond acceptors (Lipinski definition) is 6. The van der Waals surface area contributed by atoms with E-state index in [1.807, 2.05) is 43.3 Å². The molecule has 0 fully saturated rings. The quantitative estimate of drug-likeness (QED) is 0.519.